The van der Waals surface area contributed by atoms with Gasteiger partial charge in [0.25, 0.3) is 0 Å². The van der Waals surface area contributed by atoms with Crippen LogP contribution in [0.15, 0.2) is 59.1 Å². The predicted molar refractivity (Wildman–Crippen MR) is 115 cm³/mol. The normalized spacial score (nSPS) is 10.6. The van der Waals surface area contributed by atoms with E-state index >= 15 is 0 Å². The van der Waals surface area contributed by atoms with E-state index in [1.54, 1.807) is 36.4 Å². The molecule has 0 aliphatic heterocycles. The van der Waals surface area contributed by atoms with Gasteiger partial charge in [0.2, 0.25) is 0 Å². The number of anilines is 1. The SMILES string of the molecule is Cc1ccc(C(=O)O)cc1NCc1cc(Br)ccc1OCc1c(F)cccc1Cl. The molecule has 0 radical (unpaired) electrons. The van der Waals surface area contributed by atoms with Crippen molar-refractivity contribution in [1.82, 2.24) is 0 Å². The van der Waals surface area contributed by atoms with E-state index in [0.29, 0.717) is 28.6 Å². The molecule has 0 amide bonds. The standard InChI is InChI=1S/C22H18BrClFNO3/c1-13-5-6-14(22(27)28)10-20(13)26-11-15-9-16(23)7-8-21(15)29-12-17-18(24)3-2-4-19(17)25/h2-10,26H,11-12H2,1H3,(H,27,28). The van der Waals surface area contributed by atoms with Crippen molar-refractivity contribution in [2.45, 2.75) is 20.1 Å². The minimum absolute atomic E-state index is 0.00628. The fourth-order valence-corrected chi connectivity index (χ4v) is 3.41. The summed E-state index contributed by atoms with van der Waals surface area (Å²) in [5, 5.41) is 12.8. The summed E-state index contributed by atoms with van der Waals surface area (Å²) in [6.45, 7) is 2.28. The summed E-state index contributed by atoms with van der Waals surface area (Å²) >= 11 is 9.52. The highest BCUT2D eigenvalue weighted by molar-refractivity contribution is 9.10. The quantitative estimate of drug-likeness (QED) is 0.410. The maximum atomic E-state index is 14.0. The molecule has 3 aromatic carbocycles. The van der Waals surface area contributed by atoms with Gasteiger partial charge in [-0.25, -0.2) is 9.18 Å². The molecule has 0 aromatic heterocycles. The number of carbonyl (C=O) groups is 1. The molecular weight excluding hydrogens is 461 g/mol. The molecule has 0 heterocycles. The zero-order valence-corrected chi connectivity index (χ0v) is 17.8. The van der Waals surface area contributed by atoms with E-state index in [0.717, 1.165) is 15.6 Å². The van der Waals surface area contributed by atoms with Crippen molar-refractivity contribution in [1.29, 1.82) is 0 Å². The van der Waals surface area contributed by atoms with Crippen molar-refractivity contribution >= 4 is 39.2 Å². The monoisotopic (exact) mass is 477 g/mol. The summed E-state index contributed by atoms with van der Waals surface area (Å²) in [6.07, 6.45) is 0. The molecular formula is C22H18BrClFNO3. The molecule has 0 unspecified atom stereocenters. The Morgan fingerprint density at radius 3 is 2.72 bits per heavy atom. The lowest BCUT2D eigenvalue weighted by atomic mass is 10.1. The van der Waals surface area contributed by atoms with Gasteiger partial charge in [-0.2, -0.15) is 0 Å². The summed E-state index contributed by atoms with van der Waals surface area (Å²) in [5.74, 6) is -0.830. The number of aryl methyl sites for hydroxylation is 1. The fourth-order valence-electron chi connectivity index (χ4n) is 2.78. The molecule has 0 aliphatic rings. The van der Waals surface area contributed by atoms with Gasteiger partial charge in [0.1, 0.15) is 18.2 Å². The largest absolute Gasteiger partial charge is 0.488 e. The number of benzene rings is 3. The number of carboxylic acids is 1. The molecule has 3 rings (SSSR count). The molecule has 0 bridgehead atoms. The maximum Gasteiger partial charge on any atom is 0.335 e. The molecule has 0 atom stereocenters. The van der Waals surface area contributed by atoms with Gasteiger partial charge >= 0.3 is 5.97 Å². The second-order valence-electron chi connectivity index (χ2n) is 6.43. The second-order valence-corrected chi connectivity index (χ2v) is 7.75. The molecule has 4 nitrogen and oxygen atoms in total. The second kappa shape index (κ2) is 9.29. The minimum atomic E-state index is -0.985. The van der Waals surface area contributed by atoms with Crippen LogP contribution in [0.4, 0.5) is 10.1 Å². The fraction of sp³-hybridized carbons (Fsp3) is 0.136. The van der Waals surface area contributed by atoms with Crippen LogP contribution in [-0.2, 0) is 13.2 Å². The van der Waals surface area contributed by atoms with Gasteiger partial charge in [0.15, 0.2) is 0 Å². The highest BCUT2D eigenvalue weighted by atomic mass is 79.9. The Morgan fingerprint density at radius 2 is 2.00 bits per heavy atom. The lowest BCUT2D eigenvalue weighted by Gasteiger charge is -2.15. The number of hydrogen-bond donors (Lipinski definition) is 2. The Hall–Kier alpha value is -2.57. The molecule has 3 aromatic rings. The molecule has 0 spiro atoms. The summed E-state index contributed by atoms with van der Waals surface area (Å²) < 4.78 is 20.7. The Kier molecular flexibility index (Phi) is 6.77. The van der Waals surface area contributed by atoms with Gasteiger partial charge in [-0.3, -0.25) is 0 Å². The van der Waals surface area contributed by atoms with Crippen molar-refractivity contribution in [3.05, 3.63) is 92.2 Å². The Labute approximate surface area is 181 Å². The van der Waals surface area contributed by atoms with Gasteiger partial charge in [-0.05, 0) is 55.0 Å². The highest BCUT2D eigenvalue weighted by Crippen LogP contribution is 2.28. The summed E-state index contributed by atoms with van der Waals surface area (Å²) in [5.41, 5.74) is 2.96. The van der Waals surface area contributed by atoms with Crippen LogP contribution in [0.3, 0.4) is 0 Å². The van der Waals surface area contributed by atoms with Crippen LogP contribution >= 0.6 is 27.5 Å². The van der Waals surface area contributed by atoms with E-state index in [2.05, 4.69) is 21.2 Å². The van der Waals surface area contributed by atoms with Crippen LogP contribution in [0.25, 0.3) is 0 Å². The number of ether oxygens (including phenoxy) is 1. The molecule has 0 aliphatic carbocycles. The van der Waals surface area contributed by atoms with Gasteiger partial charge in [0.05, 0.1) is 10.6 Å². The van der Waals surface area contributed by atoms with Crippen LogP contribution < -0.4 is 10.1 Å². The number of hydrogen-bond acceptors (Lipinski definition) is 3. The van der Waals surface area contributed by atoms with E-state index < -0.39 is 11.8 Å². The number of rotatable bonds is 7. The molecule has 7 heteroatoms. The minimum Gasteiger partial charge on any atom is -0.488 e. The first-order chi connectivity index (χ1) is 13.8. The Morgan fingerprint density at radius 1 is 1.21 bits per heavy atom. The molecule has 29 heavy (non-hydrogen) atoms. The van der Waals surface area contributed by atoms with Crippen LogP contribution in [0.5, 0.6) is 5.75 Å². The zero-order valence-electron chi connectivity index (χ0n) is 15.5. The van der Waals surface area contributed by atoms with Crippen LogP contribution in [0.2, 0.25) is 5.02 Å². The smallest absolute Gasteiger partial charge is 0.335 e. The Balaban J connectivity index is 1.79. The van der Waals surface area contributed by atoms with Crippen molar-refractivity contribution < 1.29 is 19.0 Å². The predicted octanol–water partition coefficient (Wildman–Crippen LogP) is 6.44. The van der Waals surface area contributed by atoms with E-state index in [-0.39, 0.29) is 12.2 Å². The molecule has 0 saturated heterocycles. The van der Waals surface area contributed by atoms with Gasteiger partial charge in [-0.15, -0.1) is 0 Å². The number of aromatic carboxylic acids is 1. The van der Waals surface area contributed by atoms with Crippen molar-refractivity contribution in [3.8, 4) is 5.75 Å². The molecule has 150 valence electrons. The summed E-state index contributed by atoms with van der Waals surface area (Å²) in [4.78, 5) is 11.2. The molecule has 2 N–H and O–H groups in total. The molecule has 0 saturated carbocycles. The lowest BCUT2D eigenvalue weighted by molar-refractivity contribution is 0.0697. The van der Waals surface area contributed by atoms with Gasteiger partial charge in [0, 0.05) is 27.8 Å². The Bertz CT molecular complexity index is 1040. The van der Waals surface area contributed by atoms with E-state index in [4.69, 9.17) is 16.3 Å². The van der Waals surface area contributed by atoms with Gasteiger partial charge < -0.3 is 15.2 Å². The summed E-state index contributed by atoms with van der Waals surface area (Å²) in [7, 11) is 0. The lowest BCUT2D eigenvalue weighted by Crippen LogP contribution is -2.07. The van der Waals surface area contributed by atoms with Crippen LogP contribution in [0, 0.1) is 12.7 Å². The zero-order chi connectivity index (χ0) is 21.0. The number of carboxylic acid groups (broad SMARTS) is 1. The van der Waals surface area contributed by atoms with E-state index in [9.17, 15) is 14.3 Å². The summed E-state index contributed by atoms with van der Waals surface area (Å²) in [6, 6.07) is 14.9. The van der Waals surface area contributed by atoms with E-state index in [1.165, 1.54) is 6.07 Å². The first kappa shape index (κ1) is 21.1. The third-order valence-electron chi connectivity index (χ3n) is 4.41. The van der Waals surface area contributed by atoms with Gasteiger partial charge in [-0.1, -0.05) is 39.7 Å². The third-order valence-corrected chi connectivity index (χ3v) is 5.26. The third kappa shape index (κ3) is 5.28. The maximum absolute atomic E-state index is 14.0. The van der Waals surface area contributed by atoms with Crippen LogP contribution in [0.1, 0.15) is 27.0 Å². The number of nitrogens with one attached hydrogen (secondary N) is 1. The van der Waals surface area contributed by atoms with Crippen molar-refractivity contribution in [2.75, 3.05) is 5.32 Å². The first-order valence-corrected chi connectivity index (χ1v) is 9.94. The topological polar surface area (TPSA) is 58.6 Å². The first-order valence-electron chi connectivity index (χ1n) is 8.77. The van der Waals surface area contributed by atoms with Crippen molar-refractivity contribution in [3.63, 3.8) is 0 Å². The van der Waals surface area contributed by atoms with Crippen molar-refractivity contribution in [2.24, 2.45) is 0 Å². The highest BCUT2D eigenvalue weighted by Gasteiger charge is 2.11. The molecule has 0 fully saturated rings. The average molecular weight is 479 g/mol. The average Bonchev–Trinajstić information content (AvgIpc) is 2.68. The van der Waals surface area contributed by atoms with E-state index in [1.807, 2.05) is 19.1 Å². The number of halogens is 3. The van der Waals surface area contributed by atoms with Crippen LogP contribution in [-0.4, -0.2) is 11.1 Å².